The van der Waals surface area contributed by atoms with E-state index < -0.39 is 0 Å². The first-order valence-corrected chi connectivity index (χ1v) is 10.5. The van der Waals surface area contributed by atoms with Crippen LogP contribution in [0.4, 0.5) is 16.0 Å². The smallest absolute Gasteiger partial charge is 0.251 e. The van der Waals surface area contributed by atoms with Gasteiger partial charge in [0, 0.05) is 49.2 Å². The first kappa shape index (κ1) is 21.4. The predicted octanol–water partition coefficient (Wildman–Crippen LogP) is 3.40. The number of carbonyl (C=O) groups excluding carboxylic acids is 2. The van der Waals surface area contributed by atoms with Crippen molar-refractivity contribution in [2.75, 3.05) is 23.3 Å². The molecule has 1 aliphatic heterocycles. The molecule has 164 valence electrons. The van der Waals surface area contributed by atoms with Crippen molar-refractivity contribution in [3.05, 3.63) is 83.9 Å². The van der Waals surface area contributed by atoms with Gasteiger partial charge in [-0.05, 0) is 60.9 Å². The van der Waals surface area contributed by atoms with Gasteiger partial charge < -0.3 is 15.5 Å². The molecule has 0 saturated carbocycles. The lowest BCUT2D eigenvalue weighted by molar-refractivity contribution is -0.120. The highest BCUT2D eigenvalue weighted by Gasteiger charge is 2.26. The average molecular weight is 433 g/mol. The van der Waals surface area contributed by atoms with Crippen LogP contribution in [0.1, 0.15) is 28.8 Å². The van der Waals surface area contributed by atoms with Crippen molar-refractivity contribution >= 4 is 23.5 Å². The second-order valence-electron chi connectivity index (χ2n) is 7.69. The molecule has 2 N–H and O–H groups in total. The molecular weight excluding hydrogens is 409 g/mol. The number of amides is 2. The van der Waals surface area contributed by atoms with E-state index >= 15 is 0 Å². The lowest BCUT2D eigenvalue weighted by atomic mass is 9.96. The Morgan fingerprint density at radius 1 is 0.969 bits per heavy atom. The van der Waals surface area contributed by atoms with Crippen molar-refractivity contribution < 1.29 is 14.0 Å². The monoisotopic (exact) mass is 433 g/mol. The zero-order valence-corrected chi connectivity index (χ0v) is 17.5. The molecule has 0 bridgehead atoms. The van der Waals surface area contributed by atoms with Crippen LogP contribution in [-0.4, -0.2) is 34.9 Å². The van der Waals surface area contributed by atoms with Crippen molar-refractivity contribution in [2.45, 2.75) is 19.4 Å². The number of hydrogen-bond donors (Lipinski definition) is 2. The van der Waals surface area contributed by atoms with Crippen LogP contribution in [0.15, 0.2) is 67.0 Å². The van der Waals surface area contributed by atoms with Gasteiger partial charge in [-0.2, -0.15) is 0 Å². The molecular formula is C24H24FN5O2. The van der Waals surface area contributed by atoms with Gasteiger partial charge in [-0.3, -0.25) is 9.59 Å². The summed E-state index contributed by atoms with van der Waals surface area (Å²) in [4.78, 5) is 35.6. The number of nitrogens with zero attached hydrogens (tertiary/aromatic N) is 3. The number of piperidine rings is 1. The third-order valence-corrected chi connectivity index (χ3v) is 5.48. The van der Waals surface area contributed by atoms with Crippen LogP contribution in [0.25, 0.3) is 0 Å². The summed E-state index contributed by atoms with van der Waals surface area (Å²) in [6.45, 7) is 1.77. The molecule has 0 unspecified atom stereocenters. The Kier molecular flexibility index (Phi) is 6.69. The van der Waals surface area contributed by atoms with Crippen molar-refractivity contribution in [1.29, 1.82) is 0 Å². The van der Waals surface area contributed by atoms with Crippen LogP contribution in [0, 0.1) is 11.7 Å². The Morgan fingerprint density at radius 3 is 2.28 bits per heavy atom. The van der Waals surface area contributed by atoms with E-state index in [1.807, 2.05) is 0 Å². The fourth-order valence-electron chi connectivity index (χ4n) is 3.63. The minimum atomic E-state index is -0.312. The molecule has 7 nitrogen and oxygen atoms in total. The standard InChI is InChI=1S/C24H24FN5O2/c25-20-6-2-17(3-7-20)16-28-22(31)18-4-8-21(9-5-18)29-23(32)19-10-14-30(15-11-19)24-26-12-1-13-27-24/h1-9,12-13,19H,10-11,14-16H2,(H,28,31)(H,29,32). The zero-order chi connectivity index (χ0) is 22.3. The third-order valence-electron chi connectivity index (χ3n) is 5.48. The first-order chi connectivity index (χ1) is 15.6. The fourth-order valence-corrected chi connectivity index (χ4v) is 3.63. The van der Waals surface area contributed by atoms with Crippen LogP contribution in [0.2, 0.25) is 0 Å². The van der Waals surface area contributed by atoms with Crippen LogP contribution in [-0.2, 0) is 11.3 Å². The first-order valence-electron chi connectivity index (χ1n) is 10.5. The van der Waals surface area contributed by atoms with Gasteiger partial charge in [-0.15, -0.1) is 0 Å². The van der Waals surface area contributed by atoms with Gasteiger partial charge in [-0.1, -0.05) is 12.1 Å². The summed E-state index contributed by atoms with van der Waals surface area (Å²) < 4.78 is 13.0. The number of rotatable bonds is 6. The highest BCUT2D eigenvalue weighted by molar-refractivity contribution is 5.96. The van der Waals surface area contributed by atoms with Gasteiger partial charge in [0.05, 0.1) is 0 Å². The average Bonchev–Trinajstić information content (AvgIpc) is 2.84. The minimum Gasteiger partial charge on any atom is -0.348 e. The molecule has 8 heteroatoms. The van der Waals surface area contributed by atoms with Gasteiger partial charge in [0.15, 0.2) is 0 Å². The van der Waals surface area contributed by atoms with Crippen LogP contribution >= 0.6 is 0 Å². The van der Waals surface area contributed by atoms with E-state index in [-0.39, 0.29) is 23.5 Å². The summed E-state index contributed by atoms with van der Waals surface area (Å²) in [7, 11) is 0. The molecule has 2 amide bonds. The number of aromatic nitrogens is 2. The molecule has 2 heterocycles. The Labute approximate surface area is 185 Å². The molecule has 2 aromatic carbocycles. The topological polar surface area (TPSA) is 87.2 Å². The summed E-state index contributed by atoms with van der Waals surface area (Å²) >= 11 is 0. The maximum Gasteiger partial charge on any atom is 0.251 e. The molecule has 32 heavy (non-hydrogen) atoms. The number of halogens is 1. The van der Waals surface area contributed by atoms with Crippen LogP contribution in [0.3, 0.4) is 0 Å². The summed E-state index contributed by atoms with van der Waals surface area (Å²) in [6.07, 6.45) is 4.89. The van der Waals surface area contributed by atoms with E-state index in [0.29, 0.717) is 23.7 Å². The van der Waals surface area contributed by atoms with Crippen LogP contribution < -0.4 is 15.5 Å². The third kappa shape index (κ3) is 5.46. The van der Waals surface area contributed by atoms with E-state index in [1.54, 1.807) is 54.9 Å². The van der Waals surface area contributed by atoms with E-state index in [1.165, 1.54) is 12.1 Å². The maximum absolute atomic E-state index is 13.0. The van der Waals surface area contributed by atoms with Crippen molar-refractivity contribution in [1.82, 2.24) is 15.3 Å². The molecule has 0 atom stereocenters. The SMILES string of the molecule is O=C(NCc1ccc(F)cc1)c1ccc(NC(=O)C2CCN(c3ncccn3)CC2)cc1. The summed E-state index contributed by atoms with van der Waals surface area (Å²) in [5.74, 6) is 0.0524. The van der Waals surface area contributed by atoms with Gasteiger partial charge in [0.1, 0.15) is 5.82 Å². The molecule has 1 aromatic heterocycles. The number of carbonyl (C=O) groups is 2. The normalized spacial score (nSPS) is 14.1. The largest absolute Gasteiger partial charge is 0.348 e. The van der Waals surface area contributed by atoms with E-state index in [9.17, 15) is 14.0 Å². The molecule has 0 aliphatic carbocycles. The Bertz CT molecular complexity index is 1050. The highest BCUT2D eigenvalue weighted by atomic mass is 19.1. The number of nitrogens with one attached hydrogen (secondary N) is 2. The van der Waals surface area contributed by atoms with Crippen molar-refractivity contribution in [3.8, 4) is 0 Å². The quantitative estimate of drug-likeness (QED) is 0.622. The molecule has 0 spiro atoms. The lowest BCUT2D eigenvalue weighted by Gasteiger charge is -2.31. The van der Waals surface area contributed by atoms with Gasteiger partial charge in [0.25, 0.3) is 5.91 Å². The number of hydrogen-bond acceptors (Lipinski definition) is 5. The Balaban J connectivity index is 1.25. The van der Waals surface area contributed by atoms with Gasteiger partial charge in [-0.25, -0.2) is 14.4 Å². The van der Waals surface area contributed by atoms with Gasteiger partial charge in [0.2, 0.25) is 11.9 Å². The molecule has 0 radical (unpaired) electrons. The maximum atomic E-state index is 13.0. The number of anilines is 2. The number of benzene rings is 2. The van der Waals surface area contributed by atoms with Crippen LogP contribution in [0.5, 0.6) is 0 Å². The van der Waals surface area contributed by atoms with Crippen molar-refractivity contribution in [3.63, 3.8) is 0 Å². The minimum absolute atomic E-state index is 0.0212. The molecule has 1 saturated heterocycles. The second-order valence-corrected chi connectivity index (χ2v) is 7.69. The molecule has 4 rings (SSSR count). The Hall–Kier alpha value is -3.81. The zero-order valence-electron chi connectivity index (χ0n) is 17.5. The van der Waals surface area contributed by atoms with Gasteiger partial charge >= 0.3 is 0 Å². The van der Waals surface area contributed by atoms with E-state index in [4.69, 9.17) is 0 Å². The van der Waals surface area contributed by atoms with E-state index in [0.717, 1.165) is 31.5 Å². The van der Waals surface area contributed by atoms with Crippen molar-refractivity contribution in [2.24, 2.45) is 5.92 Å². The highest BCUT2D eigenvalue weighted by Crippen LogP contribution is 2.22. The lowest BCUT2D eigenvalue weighted by Crippen LogP contribution is -2.39. The molecule has 1 aliphatic rings. The summed E-state index contributed by atoms with van der Waals surface area (Å²) in [5.41, 5.74) is 1.95. The Morgan fingerprint density at radius 2 is 1.62 bits per heavy atom. The molecule has 1 fully saturated rings. The molecule has 3 aromatic rings. The predicted molar refractivity (Wildman–Crippen MR) is 120 cm³/mol. The summed E-state index contributed by atoms with van der Waals surface area (Å²) in [5, 5.41) is 5.74. The van der Waals surface area contributed by atoms with E-state index in [2.05, 4.69) is 25.5 Å². The fraction of sp³-hybridized carbons (Fsp3) is 0.250. The summed E-state index contributed by atoms with van der Waals surface area (Å²) in [6, 6.07) is 14.5. The second kappa shape index (κ2) is 10.00.